The molecule has 1 heterocycles. The molecule has 1 N–H and O–H groups in total. The lowest BCUT2D eigenvalue weighted by molar-refractivity contribution is -0.0605. The van der Waals surface area contributed by atoms with Gasteiger partial charge < -0.3 is 15.0 Å². The second-order valence-electron chi connectivity index (χ2n) is 7.57. The Morgan fingerprint density at radius 3 is 2.59 bits per heavy atom. The molecular weight excluding hydrogens is 458 g/mol. The van der Waals surface area contributed by atoms with E-state index in [1.807, 2.05) is 7.05 Å². The number of nitrogens with one attached hydrogen (secondary N) is 1. The van der Waals surface area contributed by atoms with Gasteiger partial charge in [-0.25, -0.2) is 4.39 Å². The van der Waals surface area contributed by atoms with E-state index >= 15 is 0 Å². The molecule has 1 aromatic rings. The number of ether oxygens (including phenoxy) is 1. The van der Waals surface area contributed by atoms with Crippen LogP contribution in [-0.2, 0) is 4.74 Å². The molecule has 27 heavy (non-hydrogen) atoms. The van der Waals surface area contributed by atoms with Gasteiger partial charge in [-0.1, -0.05) is 12.1 Å². The standard InChI is InChI=1S/C20H31FN4O.HI/c1-14(24(4)18-9-10-18)11-23-20(22-3)25-12-15(2)26-19(13-25)16-5-7-17(21)8-6-16;/h5-8,14-15,18-19H,9-13H2,1-4H3,(H,22,23);1H. The van der Waals surface area contributed by atoms with Crippen molar-refractivity contribution in [3.05, 3.63) is 35.6 Å². The number of likely N-dealkylation sites (N-methyl/N-ethyl adjacent to an activating group) is 1. The predicted octanol–water partition coefficient (Wildman–Crippen LogP) is 3.26. The van der Waals surface area contributed by atoms with E-state index in [0.29, 0.717) is 12.6 Å². The van der Waals surface area contributed by atoms with E-state index in [1.54, 1.807) is 12.1 Å². The van der Waals surface area contributed by atoms with E-state index in [9.17, 15) is 4.39 Å². The SMILES string of the molecule is CN=C(NCC(C)N(C)C1CC1)N1CC(C)OC(c2ccc(F)cc2)C1.I. The van der Waals surface area contributed by atoms with Crippen LogP contribution in [0.2, 0.25) is 0 Å². The van der Waals surface area contributed by atoms with E-state index in [4.69, 9.17) is 4.74 Å². The van der Waals surface area contributed by atoms with Crippen LogP contribution in [0.5, 0.6) is 0 Å². The first-order chi connectivity index (χ1) is 12.5. The number of morpholine rings is 1. The molecule has 3 rings (SSSR count). The van der Waals surface area contributed by atoms with Crippen molar-refractivity contribution in [3.8, 4) is 0 Å². The third kappa shape index (κ3) is 6.02. The third-order valence-corrected chi connectivity index (χ3v) is 5.39. The highest BCUT2D eigenvalue weighted by Crippen LogP contribution is 2.27. The molecule has 1 aliphatic carbocycles. The lowest BCUT2D eigenvalue weighted by atomic mass is 10.1. The predicted molar refractivity (Wildman–Crippen MR) is 118 cm³/mol. The van der Waals surface area contributed by atoms with E-state index in [2.05, 4.69) is 41.0 Å². The highest BCUT2D eigenvalue weighted by Gasteiger charge is 2.31. The first-order valence-corrected chi connectivity index (χ1v) is 9.56. The molecule has 0 spiro atoms. The summed E-state index contributed by atoms with van der Waals surface area (Å²) in [6.07, 6.45) is 2.64. The van der Waals surface area contributed by atoms with E-state index in [1.165, 1.54) is 25.0 Å². The molecule has 7 heteroatoms. The Morgan fingerprint density at radius 2 is 2.00 bits per heavy atom. The normalized spacial score (nSPS) is 24.5. The largest absolute Gasteiger partial charge is 0.367 e. The summed E-state index contributed by atoms with van der Waals surface area (Å²) < 4.78 is 19.3. The van der Waals surface area contributed by atoms with E-state index in [0.717, 1.165) is 30.7 Å². The summed E-state index contributed by atoms with van der Waals surface area (Å²) in [5, 5.41) is 3.52. The first kappa shape index (κ1) is 22.4. The Morgan fingerprint density at radius 1 is 1.33 bits per heavy atom. The summed E-state index contributed by atoms with van der Waals surface area (Å²) in [5.74, 6) is 0.684. The fraction of sp³-hybridized carbons (Fsp3) is 0.650. The van der Waals surface area contributed by atoms with Gasteiger partial charge in [0.05, 0.1) is 12.6 Å². The number of aliphatic imine (C=N–C) groups is 1. The molecule has 3 atom stereocenters. The average molecular weight is 490 g/mol. The first-order valence-electron chi connectivity index (χ1n) is 9.56. The highest BCUT2D eigenvalue weighted by molar-refractivity contribution is 14.0. The Bertz CT molecular complexity index is 623. The molecule has 1 saturated heterocycles. The van der Waals surface area contributed by atoms with Gasteiger partial charge in [0.15, 0.2) is 5.96 Å². The van der Waals surface area contributed by atoms with Crippen LogP contribution in [0, 0.1) is 5.82 Å². The van der Waals surface area contributed by atoms with Gasteiger partial charge in [-0.05, 0) is 51.4 Å². The summed E-state index contributed by atoms with van der Waals surface area (Å²) in [4.78, 5) is 9.17. The number of rotatable bonds is 5. The number of nitrogens with zero attached hydrogens (tertiary/aromatic N) is 3. The van der Waals surface area contributed by atoms with E-state index < -0.39 is 0 Å². The molecule has 0 bridgehead atoms. The molecule has 2 fully saturated rings. The Hall–Kier alpha value is -0.930. The molecule has 0 aromatic heterocycles. The van der Waals surface area contributed by atoms with Crippen LogP contribution >= 0.6 is 24.0 Å². The second-order valence-corrected chi connectivity index (χ2v) is 7.57. The van der Waals surface area contributed by atoms with Gasteiger partial charge in [0.2, 0.25) is 0 Å². The maximum absolute atomic E-state index is 13.2. The zero-order valence-electron chi connectivity index (χ0n) is 16.7. The Kier molecular flexibility index (Phi) is 8.30. The van der Waals surface area contributed by atoms with Gasteiger partial charge in [-0.2, -0.15) is 0 Å². The topological polar surface area (TPSA) is 40.1 Å². The lowest BCUT2D eigenvalue weighted by Gasteiger charge is -2.39. The Balaban J connectivity index is 0.00000261. The maximum Gasteiger partial charge on any atom is 0.193 e. The molecule has 1 saturated carbocycles. The van der Waals surface area contributed by atoms with Gasteiger partial charge in [0.1, 0.15) is 11.9 Å². The van der Waals surface area contributed by atoms with E-state index in [-0.39, 0.29) is 42.0 Å². The number of hydrogen-bond donors (Lipinski definition) is 1. The zero-order valence-corrected chi connectivity index (χ0v) is 19.0. The van der Waals surface area contributed by atoms with Gasteiger partial charge >= 0.3 is 0 Å². The van der Waals surface area contributed by atoms with Crippen LogP contribution in [0.15, 0.2) is 29.3 Å². The molecule has 5 nitrogen and oxygen atoms in total. The minimum absolute atomic E-state index is 0. The maximum atomic E-state index is 13.2. The minimum Gasteiger partial charge on any atom is -0.367 e. The van der Waals surface area contributed by atoms with Crippen LogP contribution in [0.3, 0.4) is 0 Å². The summed E-state index contributed by atoms with van der Waals surface area (Å²) in [5.41, 5.74) is 1.00. The summed E-state index contributed by atoms with van der Waals surface area (Å²) in [6.45, 7) is 6.70. The highest BCUT2D eigenvalue weighted by atomic mass is 127. The van der Waals surface area contributed by atoms with Crippen molar-refractivity contribution in [1.82, 2.24) is 15.1 Å². The molecule has 152 valence electrons. The van der Waals surface area contributed by atoms with Crippen molar-refractivity contribution >= 4 is 29.9 Å². The van der Waals surface area contributed by atoms with Crippen molar-refractivity contribution in [3.63, 3.8) is 0 Å². The number of hydrogen-bond acceptors (Lipinski definition) is 3. The number of halogens is 2. The number of guanidine groups is 1. The average Bonchev–Trinajstić information content (AvgIpc) is 3.46. The van der Waals surface area contributed by atoms with Crippen molar-refractivity contribution in [2.45, 2.75) is 51.0 Å². The monoisotopic (exact) mass is 490 g/mol. The third-order valence-electron chi connectivity index (χ3n) is 5.39. The fourth-order valence-electron chi connectivity index (χ4n) is 3.54. The molecule has 1 aromatic carbocycles. The molecular formula is C20H32FIN4O. The summed E-state index contributed by atoms with van der Waals surface area (Å²) in [6, 6.07) is 7.80. The van der Waals surface area contributed by atoms with Gasteiger partial charge in [-0.3, -0.25) is 9.89 Å². The van der Waals surface area contributed by atoms with Crippen LogP contribution in [-0.4, -0.2) is 67.7 Å². The number of benzene rings is 1. The molecule has 2 aliphatic rings. The summed E-state index contributed by atoms with van der Waals surface area (Å²) in [7, 11) is 4.03. The van der Waals surface area contributed by atoms with Gasteiger partial charge in [0.25, 0.3) is 0 Å². The van der Waals surface area contributed by atoms with Crippen LogP contribution in [0.4, 0.5) is 4.39 Å². The second kappa shape index (κ2) is 10.0. The fourth-order valence-corrected chi connectivity index (χ4v) is 3.54. The van der Waals surface area contributed by atoms with Crippen molar-refractivity contribution in [2.24, 2.45) is 4.99 Å². The molecule has 0 amide bonds. The van der Waals surface area contributed by atoms with Gasteiger partial charge in [-0.15, -0.1) is 24.0 Å². The van der Waals surface area contributed by atoms with Crippen molar-refractivity contribution in [1.29, 1.82) is 0 Å². The van der Waals surface area contributed by atoms with Crippen LogP contribution in [0.25, 0.3) is 0 Å². The van der Waals surface area contributed by atoms with Crippen molar-refractivity contribution in [2.75, 3.05) is 33.7 Å². The van der Waals surface area contributed by atoms with Crippen LogP contribution in [0.1, 0.15) is 38.4 Å². The van der Waals surface area contributed by atoms with Crippen molar-refractivity contribution < 1.29 is 9.13 Å². The zero-order chi connectivity index (χ0) is 18.7. The molecule has 3 unspecified atom stereocenters. The Labute approximate surface area is 179 Å². The van der Waals surface area contributed by atoms with Crippen LogP contribution < -0.4 is 5.32 Å². The minimum atomic E-state index is -0.222. The quantitative estimate of drug-likeness (QED) is 0.391. The molecule has 1 aliphatic heterocycles. The summed E-state index contributed by atoms with van der Waals surface area (Å²) >= 11 is 0. The lowest BCUT2D eigenvalue weighted by Crippen LogP contribution is -2.52. The smallest absolute Gasteiger partial charge is 0.193 e. The van der Waals surface area contributed by atoms with Gasteiger partial charge in [0, 0.05) is 32.2 Å². The molecule has 0 radical (unpaired) electrons.